The van der Waals surface area contributed by atoms with Gasteiger partial charge in [0.2, 0.25) is 0 Å². The molecule has 0 saturated carbocycles. The van der Waals surface area contributed by atoms with Gasteiger partial charge in [0.25, 0.3) is 10.0 Å². The first-order valence-electron chi connectivity index (χ1n) is 6.09. The number of sulfonamides is 1. The van der Waals surface area contributed by atoms with Gasteiger partial charge in [-0.05, 0) is 12.1 Å². The summed E-state index contributed by atoms with van der Waals surface area (Å²) >= 11 is 5.96. The van der Waals surface area contributed by atoms with Gasteiger partial charge in [-0.25, -0.2) is 13.4 Å². The van der Waals surface area contributed by atoms with Crippen molar-refractivity contribution in [2.24, 2.45) is 0 Å². The van der Waals surface area contributed by atoms with Crippen molar-refractivity contribution in [1.29, 1.82) is 5.26 Å². The van der Waals surface area contributed by atoms with E-state index < -0.39 is 15.6 Å². The third-order valence-corrected chi connectivity index (χ3v) is 5.57. The zero-order chi connectivity index (χ0) is 15.3. The van der Waals surface area contributed by atoms with E-state index in [1.807, 2.05) is 6.07 Å². The second kappa shape index (κ2) is 4.68. The SMILES string of the molecule is N#CCC1(O)CN(S(=O)(=O)c2c(Cl)nc3ccccn23)C1. The number of halogens is 1. The highest BCUT2D eigenvalue weighted by Crippen LogP contribution is 2.33. The maximum absolute atomic E-state index is 12.6. The monoisotopic (exact) mass is 326 g/mol. The molecule has 0 aromatic carbocycles. The van der Waals surface area contributed by atoms with Gasteiger partial charge in [0.05, 0.1) is 12.5 Å². The summed E-state index contributed by atoms with van der Waals surface area (Å²) < 4.78 is 27.7. The zero-order valence-corrected chi connectivity index (χ0v) is 12.3. The summed E-state index contributed by atoms with van der Waals surface area (Å²) in [5, 5.41) is 18.3. The van der Waals surface area contributed by atoms with Crippen LogP contribution in [0.3, 0.4) is 0 Å². The Kier molecular flexibility index (Phi) is 3.18. The summed E-state index contributed by atoms with van der Waals surface area (Å²) in [5.74, 6) is 0. The minimum Gasteiger partial charge on any atom is -0.386 e. The van der Waals surface area contributed by atoms with Gasteiger partial charge in [-0.1, -0.05) is 17.7 Å². The van der Waals surface area contributed by atoms with Crippen molar-refractivity contribution in [1.82, 2.24) is 13.7 Å². The topological polar surface area (TPSA) is 98.7 Å². The lowest BCUT2D eigenvalue weighted by atomic mass is 9.94. The molecule has 0 atom stereocenters. The van der Waals surface area contributed by atoms with Crippen molar-refractivity contribution in [3.05, 3.63) is 29.5 Å². The molecule has 0 aliphatic carbocycles. The molecule has 2 aromatic heterocycles. The quantitative estimate of drug-likeness (QED) is 0.892. The summed E-state index contributed by atoms with van der Waals surface area (Å²) in [7, 11) is -3.87. The van der Waals surface area contributed by atoms with Gasteiger partial charge in [-0.2, -0.15) is 9.57 Å². The molecule has 9 heteroatoms. The van der Waals surface area contributed by atoms with Crippen LogP contribution in [0, 0.1) is 11.3 Å². The predicted octanol–water partition coefficient (Wildman–Crippen LogP) is 0.637. The van der Waals surface area contributed by atoms with Crippen LogP contribution in [0.5, 0.6) is 0 Å². The number of aliphatic hydroxyl groups is 1. The van der Waals surface area contributed by atoms with E-state index in [4.69, 9.17) is 16.9 Å². The van der Waals surface area contributed by atoms with Crippen LogP contribution in [-0.2, 0) is 10.0 Å². The molecule has 1 fully saturated rings. The Bertz CT molecular complexity index is 849. The molecule has 1 N–H and O–H groups in total. The van der Waals surface area contributed by atoms with Gasteiger partial charge < -0.3 is 5.11 Å². The van der Waals surface area contributed by atoms with Crippen LogP contribution in [0.15, 0.2) is 29.4 Å². The Hall–Kier alpha value is -1.66. The van der Waals surface area contributed by atoms with E-state index in [1.165, 1.54) is 4.40 Å². The van der Waals surface area contributed by atoms with Crippen LogP contribution in [0.4, 0.5) is 0 Å². The first kappa shape index (κ1) is 14.3. The molecule has 0 amide bonds. The molecule has 0 spiro atoms. The number of nitriles is 1. The molecule has 1 saturated heterocycles. The molecule has 0 radical (unpaired) electrons. The van der Waals surface area contributed by atoms with Gasteiger partial charge in [-0.3, -0.25) is 4.40 Å². The Labute approximate surface area is 126 Å². The molecule has 0 unspecified atom stereocenters. The van der Waals surface area contributed by atoms with Gasteiger partial charge >= 0.3 is 0 Å². The number of β-amino-alcohol motifs (C(OH)–C–C–N with tert-alkyl or cyclic N) is 1. The summed E-state index contributed by atoms with van der Waals surface area (Å²) in [6.45, 7) is -0.251. The van der Waals surface area contributed by atoms with Crippen molar-refractivity contribution in [2.75, 3.05) is 13.1 Å². The molecule has 7 nitrogen and oxygen atoms in total. The fourth-order valence-corrected chi connectivity index (χ4v) is 4.53. The number of hydrogen-bond donors (Lipinski definition) is 1. The largest absolute Gasteiger partial charge is 0.386 e. The lowest BCUT2D eigenvalue weighted by molar-refractivity contribution is -0.0548. The standard InChI is InChI=1S/C12H11ClN4O3S/c13-10-11(17-6-2-1-3-9(17)15-10)21(19,20)16-7-12(18,8-16)4-5-14/h1-3,6,18H,4,7-8H2. The van der Waals surface area contributed by atoms with Crippen molar-refractivity contribution in [2.45, 2.75) is 17.0 Å². The molecule has 2 aromatic rings. The number of imidazole rings is 1. The number of fused-ring (bicyclic) bond motifs is 1. The summed E-state index contributed by atoms with van der Waals surface area (Å²) in [6, 6.07) is 6.89. The van der Waals surface area contributed by atoms with Crippen LogP contribution < -0.4 is 0 Å². The zero-order valence-electron chi connectivity index (χ0n) is 10.8. The second-order valence-electron chi connectivity index (χ2n) is 4.97. The fourth-order valence-electron chi connectivity index (χ4n) is 2.34. The molecule has 110 valence electrons. The Balaban J connectivity index is 2.00. The third kappa shape index (κ3) is 2.18. The predicted molar refractivity (Wildman–Crippen MR) is 74.1 cm³/mol. The van der Waals surface area contributed by atoms with E-state index >= 15 is 0 Å². The molecule has 21 heavy (non-hydrogen) atoms. The maximum atomic E-state index is 12.6. The molecule has 3 heterocycles. The average Bonchev–Trinajstić information content (AvgIpc) is 2.72. The van der Waals surface area contributed by atoms with Crippen LogP contribution >= 0.6 is 11.6 Å². The maximum Gasteiger partial charge on any atom is 0.262 e. The van der Waals surface area contributed by atoms with Crippen molar-refractivity contribution < 1.29 is 13.5 Å². The van der Waals surface area contributed by atoms with Gasteiger partial charge in [0.15, 0.2) is 10.2 Å². The van der Waals surface area contributed by atoms with E-state index in [-0.39, 0.29) is 29.7 Å². The first-order chi connectivity index (χ1) is 9.87. The minimum absolute atomic E-state index is 0.111. The van der Waals surface area contributed by atoms with E-state index in [9.17, 15) is 13.5 Å². The lowest BCUT2D eigenvalue weighted by Crippen LogP contribution is -2.63. The molecule has 3 rings (SSSR count). The van der Waals surface area contributed by atoms with Gasteiger partial charge in [-0.15, -0.1) is 0 Å². The highest BCUT2D eigenvalue weighted by molar-refractivity contribution is 7.89. The molecular weight excluding hydrogens is 316 g/mol. The normalized spacial score (nSPS) is 18.3. The summed E-state index contributed by atoms with van der Waals surface area (Å²) in [5.41, 5.74) is -0.858. The minimum atomic E-state index is -3.87. The van der Waals surface area contributed by atoms with E-state index in [1.54, 1.807) is 24.4 Å². The van der Waals surface area contributed by atoms with Crippen LogP contribution in [0.2, 0.25) is 5.15 Å². The van der Waals surface area contributed by atoms with Crippen LogP contribution in [0.25, 0.3) is 5.65 Å². The highest BCUT2D eigenvalue weighted by Gasteiger charge is 2.48. The Morgan fingerprint density at radius 3 is 2.86 bits per heavy atom. The smallest absolute Gasteiger partial charge is 0.262 e. The molecule has 1 aliphatic heterocycles. The van der Waals surface area contributed by atoms with Crippen molar-refractivity contribution >= 4 is 27.3 Å². The Morgan fingerprint density at radius 1 is 1.48 bits per heavy atom. The number of hydrogen-bond acceptors (Lipinski definition) is 5. The van der Waals surface area contributed by atoms with E-state index in [0.717, 1.165) is 4.31 Å². The molecular formula is C12H11ClN4O3S. The summed E-state index contributed by atoms with van der Waals surface area (Å²) in [4.78, 5) is 4.00. The van der Waals surface area contributed by atoms with E-state index in [2.05, 4.69) is 4.98 Å². The Morgan fingerprint density at radius 2 is 2.19 bits per heavy atom. The first-order valence-corrected chi connectivity index (χ1v) is 7.91. The lowest BCUT2D eigenvalue weighted by Gasteiger charge is -2.43. The number of rotatable bonds is 3. The van der Waals surface area contributed by atoms with Crippen LogP contribution in [-0.4, -0.2) is 45.9 Å². The van der Waals surface area contributed by atoms with Gasteiger partial charge in [0, 0.05) is 19.3 Å². The van der Waals surface area contributed by atoms with E-state index in [0.29, 0.717) is 5.65 Å². The van der Waals surface area contributed by atoms with Crippen molar-refractivity contribution in [3.8, 4) is 6.07 Å². The van der Waals surface area contributed by atoms with Gasteiger partial charge in [0.1, 0.15) is 11.2 Å². The number of aromatic nitrogens is 2. The number of nitrogens with zero attached hydrogens (tertiary/aromatic N) is 4. The fraction of sp³-hybridized carbons (Fsp3) is 0.333. The number of pyridine rings is 1. The molecule has 1 aliphatic rings. The third-order valence-electron chi connectivity index (χ3n) is 3.38. The summed E-state index contributed by atoms with van der Waals surface area (Å²) in [6.07, 6.45) is 1.45. The molecule has 0 bridgehead atoms. The van der Waals surface area contributed by atoms with Crippen molar-refractivity contribution in [3.63, 3.8) is 0 Å². The second-order valence-corrected chi connectivity index (χ2v) is 7.18. The average molecular weight is 327 g/mol. The highest BCUT2D eigenvalue weighted by atomic mass is 35.5. The van der Waals surface area contributed by atoms with Crippen LogP contribution in [0.1, 0.15) is 6.42 Å².